The zero-order valence-electron chi connectivity index (χ0n) is 14.9. The molecule has 4 rings (SSSR count). The molecule has 0 aromatic carbocycles. The van der Waals surface area contributed by atoms with Crippen LogP contribution in [0.1, 0.15) is 58.8 Å². The third-order valence-electron chi connectivity index (χ3n) is 8.09. The van der Waals surface area contributed by atoms with Gasteiger partial charge in [0, 0.05) is 11.3 Å². The van der Waals surface area contributed by atoms with Crippen LogP contribution in [0.25, 0.3) is 0 Å². The Kier molecular flexibility index (Phi) is 4.22. The first-order valence-electron chi connectivity index (χ1n) is 9.60. The molecule has 0 aliphatic heterocycles. The normalized spacial score (nSPS) is 46.7. The SMILES string of the molecule is C[C@]12CC[C@H]3[C@@H](CCC4=CCC=C[C@@]43C)[C@@H]1CC[C@@H]2C(=O)SCF. The van der Waals surface area contributed by atoms with E-state index >= 15 is 0 Å². The minimum Gasteiger partial charge on any atom is -0.287 e. The highest BCUT2D eigenvalue weighted by molar-refractivity contribution is 8.13. The van der Waals surface area contributed by atoms with Crippen molar-refractivity contribution in [1.29, 1.82) is 0 Å². The molecule has 0 bridgehead atoms. The second kappa shape index (κ2) is 6.00. The number of carbonyl (C=O) groups is 1. The van der Waals surface area contributed by atoms with Crippen LogP contribution in [0.3, 0.4) is 0 Å². The van der Waals surface area contributed by atoms with Crippen LogP contribution in [0.2, 0.25) is 0 Å². The largest absolute Gasteiger partial charge is 0.287 e. The summed E-state index contributed by atoms with van der Waals surface area (Å²) in [6, 6.07) is -0.570. The second-order valence-electron chi connectivity index (χ2n) is 8.81. The monoisotopic (exact) mass is 348 g/mol. The summed E-state index contributed by atoms with van der Waals surface area (Å²) in [5, 5.41) is 0.112. The van der Waals surface area contributed by atoms with Gasteiger partial charge in [-0.1, -0.05) is 49.4 Å². The lowest BCUT2D eigenvalue weighted by Crippen LogP contribution is -2.49. The average molecular weight is 349 g/mol. The van der Waals surface area contributed by atoms with Gasteiger partial charge in [-0.15, -0.1) is 0 Å². The highest BCUT2D eigenvalue weighted by Crippen LogP contribution is 2.66. The second-order valence-corrected chi connectivity index (χ2v) is 9.72. The highest BCUT2D eigenvalue weighted by Gasteiger charge is 2.59. The van der Waals surface area contributed by atoms with Crippen LogP contribution in [-0.2, 0) is 4.79 Å². The molecule has 0 spiro atoms. The van der Waals surface area contributed by atoms with Crippen LogP contribution in [0, 0.1) is 34.5 Å². The van der Waals surface area contributed by atoms with E-state index in [-0.39, 0.29) is 21.9 Å². The highest BCUT2D eigenvalue weighted by atomic mass is 32.2. The minimum atomic E-state index is -0.570. The minimum absolute atomic E-state index is 0.0795. The quantitative estimate of drug-likeness (QED) is 0.576. The molecular weight excluding hydrogens is 319 g/mol. The summed E-state index contributed by atoms with van der Waals surface area (Å²) in [5.41, 5.74) is 2.02. The Hall–Kier alpha value is -0.570. The van der Waals surface area contributed by atoms with Gasteiger partial charge in [-0.25, -0.2) is 4.39 Å². The zero-order chi connectivity index (χ0) is 16.9. The molecule has 0 aromatic heterocycles. The van der Waals surface area contributed by atoms with Gasteiger partial charge in [-0.2, -0.15) is 0 Å². The number of allylic oxidation sites excluding steroid dienone is 4. The molecule has 4 aliphatic rings. The van der Waals surface area contributed by atoms with Gasteiger partial charge in [0.1, 0.15) is 6.01 Å². The average Bonchev–Trinajstić information content (AvgIpc) is 2.92. The van der Waals surface area contributed by atoms with E-state index in [0.717, 1.165) is 42.9 Å². The van der Waals surface area contributed by atoms with E-state index in [4.69, 9.17) is 0 Å². The lowest BCUT2D eigenvalue weighted by Gasteiger charge is -2.57. The van der Waals surface area contributed by atoms with Gasteiger partial charge in [-0.3, -0.25) is 4.79 Å². The number of rotatable bonds is 2. The topological polar surface area (TPSA) is 17.1 Å². The van der Waals surface area contributed by atoms with Gasteiger partial charge in [0.05, 0.1) is 0 Å². The van der Waals surface area contributed by atoms with Crippen molar-refractivity contribution in [1.82, 2.24) is 0 Å². The molecular formula is C21H29FOS. The van der Waals surface area contributed by atoms with E-state index in [2.05, 4.69) is 32.1 Å². The first-order chi connectivity index (χ1) is 11.5. The van der Waals surface area contributed by atoms with Crippen LogP contribution in [0.4, 0.5) is 4.39 Å². The van der Waals surface area contributed by atoms with Gasteiger partial charge in [0.15, 0.2) is 5.12 Å². The first kappa shape index (κ1) is 16.9. The molecule has 0 aromatic rings. The number of thioether (sulfide) groups is 1. The molecule has 0 radical (unpaired) electrons. The van der Waals surface area contributed by atoms with Crippen molar-refractivity contribution in [3.8, 4) is 0 Å². The van der Waals surface area contributed by atoms with E-state index in [9.17, 15) is 9.18 Å². The zero-order valence-corrected chi connectivity index (χ0v) is 15.7. The predicted molar refractivity (Wildman–Crippen MR) is 98.3 cm³/mol. The van der Waals surface area contributed by atoms with Crippen LogP contribution < -0.4 is 0 Å². The Morgan fingerprint density at radius 3 is 2.88 bits per heavy atom. The van der Waals surface area contributed by atoms with Crippen LogP contribution in [0.15, 0.2) is 23.8 Å². The van der Waals surface area contributed by atoms with E-state index in [1.54, 1.807) is 5.57 Å². The maximum absolute atomic E-state index is 12.7. The van der Waals surface area contributed by atoms with Crippen molar-refractivity contribution >= 4 is 16.9 Å². The third kappa shape index (κ3) is 2.29. The summed E-state index contributed by atoms with van der Waals surface area (Å²) >= 11 is 0.904. The Labute approximate surface area is 149 Å². The van der Waals surface area contributed by atoms with Gasteiger partial charge in [-0.05, 0) is 68.1 Å². The Morgan fingerprint density at radius 2 is 2.08 bits per heavy atom. The molecule has 3 heteroatoms. The Morgan fingerprint density at radius 1 is 1.25 bits per heavy atom. The van der Waals surface area contributed by atoms with Gasteiger partial charge >= 0.3 is 0 Å². The number of fused-ring (bicyclic) bond motifs is 5. The fourth-order valence-electron chi connectivity index (χ4n) is 6.88. The van der Waals surface area contributed by atoms with Crippen molar-refractivity contribution < 1.29 is 9.18 Å². The summed E-state index contributed by atoms with van der Waals surface area (Å²) in [5.74, 6) is 2.20. The molecule has 24 heavy (non-hydrogen) atoms. The molecule has 0 amide bonds. The van der Waals surface area contributed by atoms with Crippen LogP contribution >= 0.6 is 11.8 Å². The number of hydrogen-bond acceptors (Lipinski definition) is 2. The number of alkyl halides is 1. The number of carbonyl (C=O) groups excluding carboxylic acids is 1. The Balaban J connectivity index is 1.62. The Bertz CT molecular complexity index is 597. The molecule has 0 unspecified atom stereocenters. The summed E-state index contributed by atoms with van der Waals surface area (Å²) in [4.78, 5) is 12.5. The fraction of sp³-hybridized carbons (Fsp3) is 0.762. The molecule has 132 valence electrons. The van der Waals surface area contributed by atoms with E-state index < -0.39 is 6.01 Å². The fourth-order valence-corrected chi connectivity index (χ4v) is 7.58. The first-order valence-corrected chi connectivity index (χ1v) is 10.6. The molecule has 4 aliphatic carbocycles. The molecule has 0 heterocycles. The predicted octanol–water partition coefficient (Wildman–Crippen LogP) is 5.92. The summed E-state index contributed by atoms with van der Waals surface area (Å²) in [6.07, 6.45) is 15.4. The van der Waals surface area contributed by atoms with Crippen molar-refractivity contribution in [3.05, 3.63) is 23.8 Å². The number of hydrogen-bond donors (Lipinski definition) is 0. The van der Waals surface area contributed by atoms with Gasteiger partial charge in [0.25, 0.3) is 0 Å². The lowest BCUT2D eigenvalue weighted by atomic mass is 9.48. The van der Waals surface area contributed by atoms with Crippen molar-refractivity contribution in [3.63, 3.8) is 0 Å². The molecule has 6 atom stereocenters. The molecule has 1 nitrogen and oxygen atoms in total. The third-order valence-corrected chi connectivity index (χ3v) is 8.77. The standard InChI is InChI=1S/C21H29FOS/c1-20-11-4-3-5-14(20)6-7-15-16-8-9-18(19(23)24-13-22)21(16,2)12-10-17(15)20/h4-5,11,15-18H,3,6-10,12-13H2,1-2H3/t15-,16-,17-,18+,20-,21-/m0/s1. The summed E-state index contributed by atoms with van der Waals surface area (Å²) in [6.45, 7) is 4.79. The summed E-state index contributed by atoms with van der Waals surface area (Å²) in [7, 11) is 0. The van der Waals surface area contributed by atoms with Crippen molar-refractivity contribution in [2.24, 2.45) is 34.5 Å². The molecule has 3 saturated carbocycles. The van der Waals surface area contributed by atoms with Crippen LogP contribution in [-0.4, -0.2) is 11.1 Å². The van der Waals surface area contributed by atoms with E-state index in [0.29, 0.717) is 5.92 Å². The summed E-state index contributed by atoms with van der Waals surface area (Å²) < 4.78 is 12.7. The molecule has 0 saturated heterocycles. The van der Waals surface area contributed by atoms with Crippen molar-refractivity contribution in [2.75, 3.05) is 6.01 Å². The van der Waals surface area contributed by atoms with Gasteiger partial charge in [0.2, 0.25) is 0 Å². The van der Waals surface area contributed by atoms with E-state index in [1.165, 1.54) is 25.7 Å². The number of halogens is 1. The smallest absolute Gasteiger partial charge is 0.195 e. The molecule has 3 fully saturated rings. The van der Waals surface area contributed by atoms with Crippen molar-refractivity contribution in [2.45, 2.75) is 58.8 Å². The molecule has 0 N–H and O–H groups in total. The lowest BCUT2D eigenvalue weighted by molar-refractivity contribution is -0.120. The maximum Gasteiger partial charge on any atom is 0.195 e. The van der Waals surface area contributed by atoms with Crippen LogP contribution in [0.5, 0.6) is 0 Å². The maximum atomic E-state index is 12.7. The van der Waals surface area contributed by atoms with E-state index in [1.807, 2.05) is 0 Å². The van der Waals surface area contributed by atoms with Gasteiger partial charge < -0.3 is 0 Å².